The van der Waals surface area contributed by atoms with Gasteiger partial charge >= 0.3 is 5.97 Å². The van der Waals surface area contributed by atoms with E-state index in [0.29, 0.717) is 44.2 Å². The second-order valence-electron chi connectivity index (χ2n) is 13.2. The lowest BCUT2D eigenvalue weighted by Crippen LogP contribution is -2.41. The molecule has 2 aliphatic rings. The molecule has 7 nitrogen and oxygen atoms in total. The number of ether oxygens (including phenoxy) is 1. The first-order chi connectivity index (χ1) is 16.0. The Bertz CT molecular complexity index is 758. The molecular weight excluding hydrogens is 442 g/mol. The van der Waals surface area contributed by atoms with Gasteiger partial charge in [0.1, 0.15) is 6.61 Å². The molecule has 0 saturated heterocycles. The molecule has 2 aliphatic carbocycles. The van der Waals surface area contributed by atoms with Crippen LogP contribution in [0.25, 0.3) is 0 Å². The van der Waals surface area contributed by atoms with Gasteiger partial charge in [0, 0.05) is 29.1 Å². The van der Waals surface area contributed by atoms with E-state index in [-0.39, 0.29) is 35.4 Å². The second kappa shape index (κ2) is 11.6. The standard InChI is InChI=1S/C28H51N3O4/c1-17-19-13-23(24(32)15-19)22(17)14-20(25(29)33)12-21(26(34)35-11-10-31(8)9)16-28(6,7)18(2)30-27(3,4)5/h17,19-24,30,32H,2,10-16H2,1,3-9H3,(H2,29,33). The normalized spacial score (nSPS) is 28.1. The van der Waals surface area contributed by atoms with E-state index in [0.717, 1.165) is 18.5 Å². The molecule has 1 amide bonds. The van der Waals surface area contributed by atoms with Crippen LogP contribution >= 0.6 is 0 Å². The van der Waals surface area contributed by atoms with Crippen molar-refractivity contribution in [2.75, 3.05) is 27.2 Å². The molecule has 2 fully saturated rings. The van der Waals surface area contributed by atoms with Crippen LogP contribution in [0.1, 0.15) is 73.6 Å². The summed E-state index contributed by atoms with van der Waals surface area (Å²) in [5, 5.41) is 13.9. The number of allylic oxidation sites excluding steroid dienone is 1. The first-order valence-electron chi connectivity index (χ1n) is 13.3. The predicted molar refractivity (Wildman–Crippen MR) is 140 cm³/mol. The first kappa shape index (κ1) is 29.6. The van der Waals surface area contributed by atoms with Gasteiger partial charge in [0.05, 0.1) is 12.0 Å². The van der Waals surface area contributed by atoms with Gasteiger partial charge < -0.3 is 25.8 Å². The summed E-state index contributed by atoms with van der Waals surface area (Å²) >= 11 is 0. The van der Waals surface area contributed by atoms with E-state index >= 15 is 0 Å². The average Bonchev–Trinajstić information content (AvgIpc) is 3.22. The number of carbonyl (C=O) groups is 2. The summed E-state index contributed by atoms with van der Waals surface area (Å²) in [5.41, 5.74) is 6.22. The molecule has 7 unspecified atom stereocenters. The smallest absolute Gasteiger partial charge is 0.309 e. The van der Waals surface area contributed by atoms with Gasteiger partial charge in [0.2, 0.25) is 5.91 Å². The lowest BCUT2D eigenvalue weighted by molar-refractivity contribution is -0.151. The second-order valence-corrected chi connectivity index (χ2v) is 13.2. The van der Waals surface area contributed by atoms with Gasteiger partial charge in [-0.3, -0.25) is 9.59 Å². The number of carbonyl (C=O) groups excluding carboxylic acids is 2. The van der Waals surface area contributed by atoms with Crippen LogP contribution in [0.5, 0.6) is 0 Å². The minimum atomic E-state index is -0.470. The van der Waals surface area contributed by atoms with Crippen LogP contribution in [0.15, 0.2) is 12.3 Å². The van der Waals surface area contributed by atoms with Crippen LogP contribution < -0.4 is 11.1 Å². The monoisotopic (exact) mass is 493 g/mol. The fourth-order valence-corrected chi connectivity index (χ4v) is 6.18. The summed E-state index contributed by atoms with van der Waals surface area (Å²) in [6.07, 6.45) is 3.10. The molecule has 0 aromatic rings. The quantitative estimate of drug-likeness (QED) is 0.339. The number of hydrogen-bond acceptors (Lipinski definition) is 6. The number of hydrogen-bond donors (Lipinski definition) is 3. The van der Waals surface area contributed by atoms with E-state index in [1.54, 1.807) is 0 Å². The molecule has 4 N–H and O–H groups in total. The molecule has 2 saturated carbocycles. The van der Waals surface area contributed by atoms with E-state index in [4.69, 9.17) is 10.5 Å². The maximum Gasteiger partial charge on any atom is 0.309 e. The summed E-state index contributed by atoms with van der Waals surface area (Å²) in [6.45, 7) is 17.8. The van der Waals surface area contributed by atoms with Gasteiger partial charge in [0.15, 0.2) is 0 Å². The van der Waals surface area contributed by atoms with Crippen molar-refractivity contribution in [2.45, 2.75) is 85.3 Å². The molecule has 0 heterocycles. The summed E-state index contributed by atoms with van der Waals surface area (Å²) in [6, 6.07) is 0. The third kappa shape index (κ3) is 8.21. The van der Waals surface area contributed by atoms with Crippen LogP contribution in [-0.2, 0) is 14.3 Å². The molecule has 7 heteroatoms. The number of rotatable bonds is 13. The number of aliphatic hydroxyl groups is 1. The molecule has 0 aromatic carbocycles. The van der Waals surface area contributed by atoms with Crippen molar-refractivity contribution >= 4 is 11.9 Å². The topological polar surface area (TPSA) is 105 Å². The number of esters is 1. The van der Waals surface area contributed by atoms with Crippen molar-refractivity contribution < 1.29 is 19.4 Å². The van der Waals surface area contributed by atoms with Crippen molar-refractivity contribution in [3.8, 4) is 0 Å². The SMILES string of the molecule is C=C(NC(C)(C)C)C(C)(C)CC(CC(CC1C(C)C2CC(O)C1C2)C(N)=O)C(=O)OCCN(C)C. The van der Waals surface area contributed by atoms with E-state index in [1.165, 1.54) is 0 Å². The van der Waals surface area contributed by atoms with Crippen molar-refractivity contribution in [2.24, 2.45) is 46.7 Å². The number of likely N-dealkylation sites (N-methyl/N-ethyl adjacent to an activating group) is 1. The number of nitrogens with zero attached hydrogens (tertiary/aromatic N) is 1. The van der Waals surface area contributed by atoms with Gasteiger partial charge in [-0.05, 0) is 90.6 Å². The Labute approximate surface area is 213 Å². The van der Waals surface area contributed by atoms with Crippen molar-refractivity contribution in [1.29, 1.82) is 0 Å². The minimum Gasteiger partial charge on any atom is -0.464 e. The van der Waals surface area contributed by atoms with Crippen LogP contribution in [0.4, 0.5) is 0 Å². The molecule has 0 spiro atoms. The molecule has 35 heavy (non-hydrogen) atoms. The molecule has 0 radical (unpaired) electrons. The Morgan fingerprint density at radius 1 is 1.17 bits per heavy atom. The third-order valence-electron chi connectivity index (χ3n) is 8.33. The fourth-order valence-electron chi connectivity index (χ4n) is 6.18. The highest BCUT2D eigenvalue weighted by Crippen LogP contribution is 2.54. The third-order valence-corrected chi connectivity index (χ3v) is 8.33. The maximum atomic E-state index is 13.3. The summed E-state index contributed by atoms with van der Waals surface area (Å²) < 4.78 is 5.66. The average molecular weight is 494 g/mol. The van der Waals surface area contributed by atoms with Gasteiger partial charge in [-0.1, -0.05) is 27.4 Å². The van der Waals surface area contributed by atoms with Crippen molar-refractivity contribution in [1.82, 2.24) is 10.2 Å². The van der Waals surface area contributed by atoms with E-state index in [1.807, 2.05) is 19.0 Å². The fraction of sp³-hybridized carbons (Fsp3) is 0.857. The van der Waals surface area contributed by atoms with Crippen molar-refractivity contribution in [3.63, 3.8) is 0 Å². The zero-order valence-electron chi connectivity index (χ0n) is 23.4. The summed E-state index contributed by atoms with van der Waals surface area (Å²) in [7, 11) is 3.87. The van der Waals surface area contributed by atoms with Gasteiger partial charge in [-0.15, -0.1) is 0 Å². The van der Waals surface area contributed by atoms with E-state index in [9.17, 15) is 14.7 Å². The zero-order chi connectivity index (χ0) is 26.7. The lowest BCUT2D eigenvalue weighted by atomic mass is 9.71. The van der Waals surface area contributed by atoms with Crippen LogP contribution in [0.3, 0.4) is 0 Å². The number of fused-ring (bicyclic) bond motifs is 2. The Morgan fingerprint density at radius 3 is 2.31 bits per heavy atom. The Hall–Kier alpha value is -1.60. The van der Waals surface area contributed by atoms with Crippen LogP contribution in [0.2, 0.25) is 0 Å². The molecular formula is C28H51N3O4. The largest absolute Gasteiger partial charge is 0.464 e. The summed E-state index contributed by atoms with van der Waals surface area (Å²) in [5.74, 6) is -0.0801. The molecule has 2 bridgehead atoms. The summed E-state index contributed by atoms with van der Waals surface area (Å²) in [4.78, 5) is 27.8. The number of nitrogens with two attached hydrogens (primary N) is 1. The first-order valence-corrected chi connectivity index (χ1v) is 13.3. The number of primary amides is 1. The van der Waals surface area contributed by atoms with E-state index in [2.05, 4.69) is 53.4 Å². The Kier molecular flexibility index (Phi) is 9.85. The van der Waals surface area contributed by atoms with Crippen LogP contribution in [0, 0.1) is 40.9 Å². The molecule has 2 rings (SSSR count). The zero-order valence-corrected chi connectivity index (χ0v) is 23.4. The maximum absolute atomic E-state index is 13.3. The Morgan fingerprint density at radius 2 is 1.80 bits per heavy atom. The molecule has 0 aliphatic heterocycles. The van der Waals surface area contributed by atoms with Crippen LogP contribution in [-0.4, -0.2) is 60.8 Å². The highest BCUT2D eigenvalue weighted by Gasteiger charge is 2.51. The van der Waals surface area contributed by atoms with Gasteiger partial charge in [0.25, 0.3) is 0 Å². The molecule has 202 valence electrons. The van der Waals surface area contributed by atoms with Crippen molar-refractivity contribution in [3.05, 3.63) is 12.3 Å². The number of aliphatic hydroxyl groups excluding tert-OH is 1. The number of amides is 1. The Balaban J connectivity index is 2.19. The van der Waals surface area contributed by atoms with Gasteiger partial charge in [-0.25, -0.2) is 0 Å². The highest BCUT2D eigenvalue weighted by molar-refractivity contribution is 5.78. The molecule has 7 atom stereocenters. The highest BCUT2D eigenvalue weighted by atomic mass is 16.5. The van der Waals surface area contributed by atoms with E-state index < -0.39 is 17.3 Å². The minimum absolute atomic E-state index is 0.148. The van der Waals surface area contributed by atoms with Gasteiger partial charge in [-0.2, -0.15) is 0 Å². The number of nitrogens with one attached hydrogen (secondary N) is 1. The predicted octanol–water partition coefficient (Wildman–Crippen LogP) is 3.56. The lowest BCUT2D eigenvalue weighted by Gasteiger charge is -2.37. The molecule has 0 aromatic heterocycles.